The van der Waals surface area contributed by atoms with Crippen molar-refractivity contribution < 1.29 is 47.3 Å². The van der Waals surface area contributed by atoms with Gasteiger partial charge in [0.25, 0.3) is 0 Å². The van der Waals surface area contributed by atoms with Crippen LogP contribution in [0.5, 0.6) is 0 Å². The standard InChI is InChI=1S/C15H24N2O4S.Na/c18-14-8-11(22(19,20)21)7-13-12-4-2-6-16-5-1-3-10(15(12)16)9-17(13)14;/h10-13,15H,1-9H2,(H,19,20,21);/q;+1/p-1. The molecule has 4 saturated heterocycles. The predicted molar refractivity (Wildman–Crippen MR) is 79.0 cm³/mol. The molecule has 4 fully saturated rings. The molecular formula is C15H23N2NaO4S. The second kappa shape index (κ2) is 6.57. The molecule has 5 atom stereocenters. The Labute approximate surface area is 160 Å². The molecule has 124 valence electrons. The van der Waals surface area contributed by atoms with Crippen molar-refractivity contribution in [3.05, 3.63) is 0 Å². The molecular weight excluding hydrogens is 327 g/mol. The van der Waals surface area contributed by atoms with Gasteiger partial charge in [0, 0.05) is 25.0 Å². The van der Waals surface area contributed by atoms with Gasteiger partial charge in [-0.25, -0.2) is 8.42 Å². The zero-order chi connectivity index (χ0) is 15.5. The third-order valence-electron chi connectivity index (χ3n) is 6.31. The molecule has 8 heteroatoms. The van der Waals surface area contributed by atoms with Crippen molar-refractivity contribution in [1.82, 2.24) is 9.80 Å². The second-order valence-electron chi connectivity index (χ2n) is 7.40. The Morgan fingerprint density at radius 1 is 1.13 bits per heavy atom. The monoisotopic (exact) mass is 350 g/mol. The summed E-state index contributed by atoms with van der Waals surface area (Å²) >= 11 is 0. The van der Waals surface area contributed by atoms with Crippen molar-refractivity contribution in [1.29, 1.82) is 0 Å². The van der Waals surface area contributed by atoms with Gasteiger partial charge in [0.05, 0.1) is 15.4 Å². The Hall–Kier alpha value is 0.340. The van der Waals surface area contributed by atoms with Crippen molar-refractivity contribution in [3.8, 4) is 0 Å². The minimum Gasteiger partial charge on any atom is -0.748 e. The zero-order valence-corrected chi connectivity index (χ0v) is 16.5. The molecule has 0 spiro atoms. The van der Waals surface area contributed by atoms with Crippen LogP contribution in [-0.2, 0) is 14.9 Å². The van der Waals surface area contributed by atoms with Crippen LogP contribution in [0.25, 0.3) is 0 Å². The summed E-state index contributed by atoms with van der Waals surface area (Å²) in [7, 11) is -4.38. The molecule has 0 aromatic rings. The zero-order valence-electron chi connectivity index (χ0n) is 13.7. The number of carbonyl (C=O) groups is 1. The summed E-state index contributed by atoms with van der Waals surface area (Å²) in [5.74, 6) is 0.753. The molecule has 4 aliphatic heterocycles. The molecule has 0 radical (unpaired) electrons. The van der Waals surface area contributed by atoms with E-state index in [-0.39, 0.29) is 47.9 Å². The Kier molecular flexibility index (Phi) is 5.18. The molecule has 1 amide bonds. The average Bonchev–Trinajstić information content (AvgIpc) is 2.47. The first kappa shape index (κ1) is 18.1. The summed E-state index contributed by atoms with van der Waals surface area (Å²) in [6, 6.07) is 0.446. The average molecular weight is 350 g/mol. The molecule has 5 unspecified atom stereocenters. The third kappa shape index (κ3) is 3.13. The summed E-state index contributed by atoms with van der Waals surface area (Å²) in [5, 5.41) is -1.02. The molecule has 0 bridgehead atoms. The Morgan fingerprint density at radius 2 is 1.83 bits per heavy atom. The quantitative estimate of drug-likeness (QED) is 0.383. The van der Waals surface area contributed by atoms with E-state index in [1.165, 1.54) is 6.42 Å². The van der Waals surface area contributed by atoms with E-state index in [9.17, 15) is 17.8 Å². The van der Waals surface area contributed by atoms with Gasteiger partial charge in [-0.3, -0.25) is 9.69 Å². The fourth-order valence-corrected chi connectivity index (χ4v) is 6.25. The van der Waals surface area contributed by atoms with E-state index < -0.39 is 15.4 Å². The van der Waals surface area contributed by atoms with Crippen molar-refractivity contribution in [2.24, 2.45) is 11.8 Å². The maximum atomic E-state index is 12.4. The molecule has 4 heterocycles. The van der Waals surface area contributed by atoms with E-state index >= 15 is 0 Å². The summed E-state index contributed by atoms with van der Waals surface area (Å²) < 4.78 is 34.3. The minimum absolute atomic E-state index is 0. The second-order valence-corrected chi connectivity index (χ2v) is 9.06. The van der Waals surface area contributed by atoms with E-state index in [0.29, 0.717) is 24.3 Å². The Morgan fingerprint density at radius 3 is 2.52 bits per heavy atom. The van der Waals surface area contributed by atoms with Crippen LogP contribution >= 0.6 is 0 Å². The van der Waals surface area contributed by atoms with E-state index in [0.717, 1.165) is 38.9 Å². The van der Waals surface area contributed by atoms with Crippen molar-refractivity contribution >= 4 is 16.0 Å². The topological polar surface area (TPSA) is 80.7 Å². The van der Waals surface area contributed by atoms with Gasteiger partial charge in [-0.2, -0.15) is 0 Å². The van der Waals surface area contributed by atoms with Crippen LogP contribution in [0.15, 0.2) is 0 Å². The van der Waals surface area contributed by atoms with Gasteiger partial charge in [-0.15, -0.1) is 0 Å². The van der Waals surface area contributed by atoms with Crippen LogP contribution in [0.2, 0.25) is 0 Å². The van der Waals surface area contributed by atoms with Crippen LogP contribution in [0.4, 0.5) is 0 Å². The maximum absolute atomic E-state index is 12.4. The van der Waals surface area contributed by atoms with Crippen LogP contribution in [0.3, 0.4) is 0 Å². The normalized spacial score (nSPS) is 40.8. The molecule has 0 aliphatic carbocycles. The van der Waals surface area contributed by atoms with E-state index in [1.54, 1.807) is 0 Å². The van der Waals surface area contributed by atoms with Crippen molar-refractivity contribution in [2.75, 3.05) is 19.6 Å². The summed E-state index contributed by atoms with van der Waals surface area (Å²) in [6.45, 7) is 3.01. The first-order chi connectivity index (χ1) is 10.4. The van der Waals surface area contributed by atoms with E-state index in [1.807, 2.05) is 4.90 Å². The SMILES string of the molecule is O=C1CC(S(=O)(=O)[O-])CC2C3CCCN4CCCC(CN12)C34.[Na+]. The summed E-state index contributed by atoms with van der Waals surface area (Å²) in [4.78, 5) is 16.9. The summed E-state index contributed by atoms with van der Waals surface area (Å²) in [5.41, 5.74) is 0. The Bertz CT molecular complexity index is 582. The molecule has 4 rings (SSSR count). The van der Waals surface area contributed by atoms with E-state index in [4.69, 9.17) is 0 Å². The fourth-order valence-electron chi connectivity index (χ4n) is 5.47. The predicted octanol–water partition coefficient (Wildman–Crippen LogP) is -2.60. The number of hydrogen-bond acceptors (Lipinski definition) is 5. The van der Waals surface area contributed by atoms with Gasteiger partial charge in [0.1, 0.15) is 0 Å². The third-order valence-corrected chi connectivity index (χ3v) is 7.48. The molecule has 0 N–H and O–H groups in total. The maximum Gasteiger partial charge on any atom is 1.00 e. The first-order valence-electron chi connectivity index (χ1n) is 8.43. The Balaban J connectivity index is 0.00000156. The van der Waals surface area contributed by atoms with Crippen LogP contribution < -0.4 is 29.6 Å². The van der Waals surface area contributed by atoms with Crippen LogP contribution in [0.1, 0.15) is 38.5 Å². The largest absolute Gasteiger partial charge is 1.00 e. The number of fused-ring (bicyclic) bond motifs is 2. The molecule has 0 aromatic carbocycles. The molecule has 0 saturated carbocycles. The molecule has 6 nitrogen and oxygen atoms in total. The van der Waals surface area contributed by atoms with Gasteiger partial charge in [0.2, 0.25) is 5.91 Å². The molecule has 0 aromatic heterocycles. The number of amides is 1. The number of hydrogen-bond donors (Lipinski definition) is 0. The van der Waals surface area contributed by atoms with Gasteiger partial charge in [-0.05, 0) is 57.0 Å². The first-order valence-corrected chi connectivity index (χ1v) is 9.90. The van der Waals surface area contributed by atoms with Gasteiger partial charge < -0.3 is 9.45 Å². The number of rotatable bonds is 1. The van der Waals surface area contributed by atoms with Crippen molar-refractivity contribution in [2.45, 2.75) is 55.9 Å². The number of nitrogens with zero attached hydrogens (tertiary/aromatic N) is 2. The van der Waals surface area contributed by atoms with Crippen LogP contribution in [0, 0.1) is 11.8 Å². The number of piperidine rings is 4. The summed E-state index contributed by atoms with van der Waals surface area (Å²) in [6.07, 6.45) is 4.75. The number of carbonyl (C=O) groups excluding carboxylic acids is 1. The molecule has 4 aliphatic rings. The van der Waals surface area contributed by atoms with Gasteiger partial charge in [-0.1, -0.05) is 0 Å². The van der Waals surface area contributed by atoms with Crippen molar-refractivity contribution in [3.63, 3.8) is 0 Å². The minimum atomic E-state index is -4.38. The van der Waals surface area contributed by atoms with Gasteiger partial charge in [0.15, 0.2) is 0 Å². The van der Waals surface area contributed by atoms with Crippen LogP contribution in [-0.4, -0.2) is 65.6 Å². The smallest absolute Gasteiger partial charge is 0.748 e. The van der Waals surface area contributed by atoms with Gasteiger partial charge >= 0.3 is 29.6 Å². The fraction of sp³-hybridized carbons (Fsp3) is 0.933. The molecule has 23 heavy (non-hydrogen) atoms. The van der Waals surface area contributed by atoms with E-state index in [2.05, 4.69) is 4.90 Å².